The normalized spacial score (nSPS) is 40.0. The zero-order valence-corrected chi connectivity index (χ0v) is 13.0. The van der Waals surface area contributed by atoms with Gasteiger partial charge in [0.1, 0.15) is 6.10 Å². The Morgan fingerprint density at radius 3 is 2.55 bits per heavy atom. The number of fused-ring (bicyclic) bond motifs is 2. The highest BCUT2D eigenvalue weighted by molar-refractivity contribution is 5.72. The summed E-state index contributed by atoms with van der Waals surface area (Å²) in [6, 6.07) is 0. The average molecular weight is 281 g/mol. The van der Waals surface area contributed by atoms with Crippen molar-refractivity contribution in [3.63, 3.8) is 0 Å². The Kier molecular flexibility index (Phi) is 3.57. The largest absolute Gasteiger partial charge is 0.461 e. The minimum atomic E-state index is -0.0542. The van der Waals surface area contributed by atoms with Crippen LogP contribution in [0.5, 0.6) is 0 Å². The Morgan fingerprint density at radius 2 is 2.00 bits per heavy atom. The van der Waals surface area contributed by atoms with Crippen molar-refractivity contribution in [2.45, 2.75) is 46.1 Å². The molecule has 0 radical (unpaired) electrons. The fraction of sp³-hybridized carbons (Fsp3) is 0.938. The molecule has 3 fully saturated rings. The van der Waals surface area contributed by atoms with Crippen LogP contribution in [0.1, 0.15) is 40.0 Å². The molecule has 0 aromatic rings. The zero-order valence-electron chi connectivity index (χ0n) is 13.0. The van der Waals surface area contributed by atoms with E-state index >= 15 is 0 Å². The summed E-state index contributed by atoms with van der Waals surface area (Å²) in [7, 11) is 0. The molecule has 3 aliphatic rings. The number of ether oxygens (including phenoxy) is 2. The molecule has 2 aliphatic carbocycles. The number of hydrogen-bond acceptors (Lipinski definition) is 4. The van der Waals surface area contributed by atoms with Crippen LogP contribution < -0.4 is 0 Å². The molecule has 2 bridgehead atoms. The first-order valence-corrected chi connectivity index (χ1v) is 7.93. The average Bonchev–Trinajstić information content (AvgIpc) is 2.73. The van der Waals surface area contributed by atoms with Gasteiger partial charge in [0.25, 0.3) is 0 Å². The van der Waals surface area contributed by atoms with Gasteiger partial charge in [-0.3, -0.25) is 9.69 Å². The van der Waals surface area contributed by atoms with Crippen molar-refractivity contribution in [2.75, 3.05) is 32.8 Å². The predicted octanol–water partition coefficient (Wildman–Crippen LogP) is 2.08. The fourth-order valence-electron chi connectivity index (χ4n) is 4.45. The highest BCUT2D eigenvalue weighted by atomic mass is 16.5. The number of rotatable bonds is 3. The minimum Gasteiger partial charge on any atom is -0.461 e. The topological polar surface area (TPSA) is 38.8 Å². The molecule has 0 N–H and O–H groups in total. The van der Waals surface area contributed by atoms with Gasteiger partial charge in [0.2, 0.25) is 0 Å². The molecular formula is C16H27NO3. The van der Waals surface area contributed by atoms with Gasteiger partial charge in [0.15, 0.2) is 0 Å². The Balaban J connectivity index is 1.57. The number of esters is 1. The lowest BCUT2D eigenvalue weighted by Gasteiger charge is -2.38. The molecule has 0 unspecified atom stereocenters. The molecular weight excluding hydrogens is 254 g/mol. The van der Waals surface area contributed by atoms with E-state index in [0.29, 0.717) is 17.9 Å². The number of morpholine rings is 1. The van der Waals surface area contributed by atoms with Crippen molar-refractivity contribution in [1.82, 2.24) is 4.90 Å². The fourth-order valence-corrected chi connectivity index (χ4v) is 4.45. The van der Waals surface area contributed by atoms with Crippen LogP contribution in [0.3, 0.4) is 0 Å². The van der Waals surface area contributed by atoms with Gasteiger partial charge in [0, 0.05) is 18.5 Å². The van der Waals surface area contributed by atoms with Gasteiger partial charge in [-0.1, -0.05) is 20.8 Å². The maximum Gasteiger partial charge on any atom is 0.320 e. The first-order valence-electron chi connectivity index (χ1n) is 7.93. The summed E-state index contributed by atoms with van der Waals surface area (Å²) < 4.78 is 11.2. The third-order valence-corrected chi connectivity index (χ3v) is 6.44. The smallest absolute Gasteiger partial charge is 0.320 e. The molecule has 0 aromatic heterocycles. The van der Waals surface area contributed by atoms with Crippen LogP contribution in [0.15, 0.2) is 0 Å². The van der Waals surface area contributed by atoms with Crippen molar-refractivity contribution < 1.29 is 14.3 Å². The molecule has 20 heavy (non-hydrogen) atoms. The van der Waals surface area contributed by atoms with Gasteiger partial charge >= 0.3 is 5.97 Å². The molecule has 0 amide bonds. The van der Waals surface area contributed by atoms with Gasteiger partial charge in [-0.2, -0.15) is 0 Å². The number of carbonyl (C=O) groups excluding carboxylic acids is 1. The van der Waals surface area contributed by atoms with E-state index in [4.69, 9.17) is 9.47 Å². The summed E-state index contributed by atoms with van der Waals surface area (Å²) in [6.45, 7) is 10.6. The summed E-state index contributed by atoms with van der Waals surface area (Å²) >= 11 is 0. The zero-order chi connectivity index (χ0) is 14.4. The first kappa shape index (κ1) is 14.3. The number of hydrogen-bond donors (Lipinski definition) is 0. The van der Waals surface area contributed by atoms with E-state index in [2.05, 4.69) is 25.7 Å². The molecule has 0 aromatic carbocycles. The SMILES string of the molecule is CC1(C)[C@@H]2CC[C@]1(C)[C@H](OC(=O)CN1CCOCC1)C2. The second-order valence-electron chi connectivity index (χ2n) is 7.48. The van der Waals surface area contributed by atoms with Gasteiger partial charge in [-0.15, -0.1) is 0 Å². The standard InChI is InChI=1S/C16H27NO3/c1-15(2)12-4-5-16(15,3)13(10-12)20-14(18)11-17-6-8-19-9-7-17/h12-13H,4-11H2,1-3H3/t12-,13-,16-/m1/s1. The number of carbonyl (C=O) groups is 1. The molecule has 0 spiro atoms. The second kappa shape index (κ2) is 4.99. The van der Waals surface area contributed by atoms with Crippen molar-refractivity contribution in [3.8, 4) is 0 Å². The van der Waals surface area contributed by atoms with Crippen LogP contribution in [-0.2, 0) is 14.3 Å². The number of nitrogens with zero attached hydrogens (tertiary/aromatic N) is 1. The Hall–Kier alpha value is -0.610. The molecule has 1 heterocycles. The first-order chi connectivity index (χ1) is 9.43. The lowest BCUT2D eigenvalue weighted by atomic mass is 9.70. The Labute approximate surface area is 121 Å². The molecule has 4 heteroatoms. The Morgan fingerprint density at radius 1 is 1.30 bits per heavy atom. The quantitative estimate of drug-likeness (QED) is 0.742. The minimum absolute atomic E-state index is 0.0542. The van der Waals surface area contributed by atoms with Crippen molar-refractivity contribution >= 4 is 5.97 Å². The highest BCUT2D eigenvalue weighted by Crippen LogP contribution is 2.66. The highest BCUT2D eigenvalue weighted by Gasteiger charge is 2.62. The van der Waals surface area contributed by atoms with Gasteiger partial charge in [-0.05, 0) is 30.6 Å². The van der Waals surface area contributed by atoms with Crippen LogP contribution >= 0.6 is 0 Å². The summed E-state index contributed by atoms with van der Waals surface area (Å²) in [5.41, 5.74) is 0.468. The lowest BCUT2D eigenvalue weighted by Crippen LogP contribution is -2.43. The van der Waals surface area contributed by atoms with Crippen molar-refractivity contribution in [3.05, 3.63) is 0 Å². The van der Waals surface area contributed by atoms with E-state index in [-0.39, 0.29) is 17.5 Å². The summed E-state index contributed by atoms with van der Waals surface area (Å²) in [5.74, 6) is 0.662. The molecule has 4 nitrogen and oxygen atoms in total. The van der Waals surface area contributed by atoms with Crippen molar-refractivity contribution in [1.29, 1.82) is 0 Å². The molecule has 1 saturated heterocycles. The Bertz CT molecular complexity index is 389. The van der Waals surface area contributed by atoms with Crippen LogP contribution in [0.4, 0.5) is 0 Å². The third-order valence-electron chi connectivity index (χ3n) is 6.44. The van der Waals surface area contributed by atoms with E-state index in [1.165, 1.54) is 12.8 Å². The summed E-state index contributed by atoms with van der Waals surface area (Å²) in [5, 5.41) is 0. The molecule has 114 valence electrons. The van der Waals surface area contributed by atoms with Crippen molar-refractivity contribution in [2.24, 2.45) is 16.7 Å². The molecule has 3 atom stereocenters. The predicted molar refractivity (Wildman–Crippen MR) is 76.4 cm³/mol. The molecule has 1 aliphatic heterocycles. The monoisotopic (exact) mass is 281 g/mol. The van der Waals surface area contributed by atoms with E-state index in [1.807, 2.05) is 0 Å². The van der Waals surface area contributed by atoms with E-state index < -0.39 is 0 Å². The maximum absolute atomic E-state index is 12.2. The van der Waals surface area contributed by atoms with Gasteiger partial charge in [0.05, 0.1) is 19.8 Å². The van der Waals surface area contributed by atoms with E-state index in [0.717, 1.165) is 32.7 Å². The second-order valence-corrected chi connectivity index (χ2v) is 7.48. The van der Waals surface area contributed by atoms with Crippen LogP contribution in [0, 0.1) is 16.7 Å². The van der Waals surface area contributed by atoms with Crippen LogP contribution in [0.25, 0.3) is 0 Å². The lowest BCUT2D eigenvalue weighted by molar-refractivity contribution is -0.159. The van der Waals surface area contributed by atoms with Gasteiger partial charge in [-0.25, -0.2) is 0 Å². The van der Waals surface area contributed by atoms with Crippen LogP contribution in [0.2, 0.25) is 0 Å². The summed E-state index contributed by atoms with van der Waals surface area (Å²) in [4.78, 5) is 14.3. The maximum atomic E-state index is 12.2. The van der Waals surface area contributed by atoms with Crippen LogP contribution in [-0.4, -0.2) is 49.8 Å². The summed E-state index contributed by atoms with van der Waals surface area (Å²) in [6.07, 6.45) is 3.66. The molecule has 3 rings (SSSR count). The van der Waals surface area contributed by atoms with E-state index in [9.17, 15) is 4.79 Å². The van der Waals surface area contributed by atoms with E-state index in [1.54, 1.807) is 0 Å². The van der Waals surface area contributed by atoms with Gasteiger partial charge < -0.3 is 9.47 Å². The third kappa shape index (κ3) is 2.17. The molecule has 2 saturated carbocycles.